The van der Waals surface area contributed by atoms with Crippen molar-refractivity contribution in [2.75, 3.05) is 31.6 Å². The molecule has 1 N–H and O–H groups in total. The van der Waals surface area contributed by atoms with Crippen LogP contribution in [-0.4, -0.2) is 42.8 Å². The highest BCUT2D eigenvalue weighted by molar-refractivity contribution is 5.79. The van der Waals surface area contributed by atoms with E-state index in [-0.39, 0.29) is 11.8 Å². The molecule has 1 unspecified atom stereocenters. The van der Waals surface area contributed by atoms with Crippen LogP contribution in [0.1, 0.15) is 33.1 Å². The maximum Gasteiger partial charge on any atom is 0.324 e. The number of aromatic nitrogens is 2. The van der Waals surface area contributed by atoms with Crippen LogP contribution in [-0.2, 0) is 4.79 Å². The van der Waals surface area contributed by atoms with E-state index in [4.69, 9.17) is 9.26 Å². The zero-order chi connectivity index (χ0) is 19.2. The summed E-state index contributed by atoms with van der Waals surface area (Å²) in [6, 6.07) is 8.00. The van der Waals surface area contributed by atoms with Crippen LogP contribution < -0.4 is 15.0 Å². The van der Waals surface area contributed by atoms with E-state index in [1.54, 1.807) is 7.11 Å². The van der Waals surface area contributed by atoms with Crippen LogP contribution in [0.5, 0.6) is 5.75 Å². The van der Waals surface area contributed by atoms with Crippen molar-refractivity contribution >= 4 is 11.9 Å². The highest BCUT2D eigenvalue weighted by Gasteiger charge is 2.28. The van der Waals surface area contributed by atoms with E-state index in [0.717, 1.165) is 43.7 Å². The van der Waals surface area contributed by atoms with Crippen molar-refractivity contribution in [3.63, 3.8) is 0 Å². The molecule has 1 aliphatic rings. The number of carbonyl (C=O) groups excluding carboxylic acids is 1. The molecule has 1 aromatic carbocycles. The van der Waals surface area contributed by atoms with Crippen LogP contribution >= 0.6 is 0 Å². The Kier molecular flexibility index (Phi) is 6.32. The molecular formula is C20H28N4O3. The van der Waals surface area contributed by atoms with E-state index in [1.807, 2.05) is 29.2 Å². The number of ether oxygens (including phenoxy) is 1. The van der Waals surface area contributed by atoms with Crippen molar-refractivity contribution in [2.45, 2.75) is 33.1 Å². The zero-order valence-electron chi connectivity index (χ0n) is 16.3. The van der Waals surface area contributed by atoms with Crippen molar-refractivity contribution in [1.82, 2.24) is 15.5 Å². The predicted octanol–water partition coefficient (Wildman–Crippen LogP) is 3.12. The number of hydrogen-bond donors (Lipinski definition) is 1. The summed E-state index contributed by atoms with van der Waals surface area (Å²) in [5.74, 6) is 1.99. The third kappa shape index (κ3) is 4.99. The second-order valence-electron chi connectivity index (χ2n) is 7.39. The maximum atomic E-state index is 12.4. The standard InChI is InChI=1S/C20H28N4O3/c1-14(2)10-11-21-19(25)16-5-4-12-24(13-16)20-22-18(23-27-20)15-6-8-17(26-3)9-7-15/h6-9,14,16H,4-5,10-13H2,1-3H3,(H,21,25). The number of benzene rings is 1. The van der Waals surface area contributed by atoms with Crippen molar-refractivity contribution in [2.24, 2.45) is 11.8 Å². The lowest BCUT2D eigenvalue weighted by Crippen LogP contribution is -2.43. The van der Waals surface area contributed by atoms with Crippen molar-refractivity contribution in [1.29, 1.82) is 0 Å². The molecule has 2 aromatic rings. The molecule has 0 aliphatic carbocycles. The van der Waals surface area contributed by atoms with Crippen LogP contribution in [0.15, 0.2) is 28.8 Å². The Hall–Kier alpha value is -2.57. The quantitative estimate of drug-likeness (QED) is 0.804. The largest absolute Gasteiger partial charge is 0.497 e. The number of nitrogens with zero attached hydrogens (tertiary/aromatic N) is 3. The van der Waals surface area contributed by atoms with Gasteiger partial charge in [-0.3, -0.25) is 4.79 Å². The SMILES string of the molecule is COc1ccc(-c2noc(N3CCCC(C(=O)NCCC(C)C)C3)n2)cc1. The molecule has 1 amide bonds. The number of methoxy groups -OCH3 is 1. The minimum absolute atomic E-state index is 0.0396. The number of carbonyl (C=O) groups is 1. The number of hydrogen-bond acceptors (Lipinski definition) is 6. The maximum absolute atomic E-state index is 12.4. The van der Waals surface area contributed by atoms with Gasteiger partial charge in [0, 0.05) is 25.2 Å². The van der Waals surface area contributed by atoms with Gasteiger partial charge in [0.2, 0.25) is 11.7 Å². The fourth-order valence-corrected chi connectivity index (χ4v) is 3.19. The summed E-state index contributed by atoms with van der Waals surface area (Å²) >= 11 is 0. The monoisotopic (exact) mass is 372 g/mol. The molecule has 1 saturated heterocycles. The smallest absolute Gasteiger partial charge is 0.324 e. The summed E-state index contributed by atoms with van der Waals surface area (Å²) in [5.41, 5.74) is 0.866. The number of amides is 1. The summed E-state index contributed by atoms with van der Waals surface area (Å²) in [6.45, 7) is 6.47. The molecule has 0 spiro atoms. The summed E-state index contributed by atoms with van der Waals surface area (Å²) in [5, 5.41) is 7.14. The van der Waals surface area contributed by atoms with Crippen LogP contribution in [0, 0.1) is 11.8 Å². The molecular weight excluding hydrogens is 344 g/mol. The van der Waals surface area contributed by atoms with Gasteiger partial charge in [0.25, 0.3) is 0 Å². The molecule has 1 fully saturated rings. The van der Waals surface area contributed by atoms with Gasteiger partial charge in [-0.25, -0.2) is 0 Å². The lowest BCUT2D eigenvalue weighted by atomic mass is 9.97. The lowest BCUT2D eigenvalue weighted by molar-refractivity contribution is -0.125. The first-order valence-corrected chi connectivity index (χ1v) is 9.57. The van der Waals surface area contributed by atoms with E-state index < -0.39 is 0 Å². The van der Waals surface area contributed by atoms with Gasteiger partial charge in [0.05, 0.1) is 13.0 Å². The second kappa shape index (κ2) is 8.88. The van der Waals surface area contributed by atoms with Crippen LogP contribution in [0.25, 0.3) is 11.4 Å². The topological polar surface area (TPSA) is 80.5 Å². The van der Waals surface area contributed by atoms with Crippen molar-refractivity contribution in [3.05, 3.63) is 24.3 Å². The Morgan fingerprint density at radius 2 is 2.15 bits per heavy atom. The summed E-state index contributed by atoms with van der Waals surface area (Å²) in [7, 11) is 1.63. The third-order valence-electron chi connectivity index (χ3n) is 4.85. The Balaban J connectivity index is 1.61. The molecule has 0 radical (unpaired) electrons. The van der Waals surface area contributed by atoms with Gasteiger partial charge < -0.3 is 19.5 Å². The second-order valence-corrected chi connectivity index (χ2v) is 7.39. The van der Waals surface area contributed by atoms with E-state index in [2.05, 4.69) is 29.3 Å². The molecule has 146 valence electrons. The van der Waals surface area contributed by atoms with Gasteiger partial charge in [0.15, 0.2) is 0 Å². The summed E-state index contributed by atoms with van der Waals surface area (Å²) < 4.78 is 10.6. The molecule has 1 atom stereocenters. The highest BCUT2D eigenvalue weighted by atomic mass is 16.5. The van der Waals surface area contributed by atoms with Crippen LogP contribution in [0.2, 0.25) is 0 Å². The highest BCUT2D eigenvalue weighted by Crippen LogP contribution is 2.25. The number of anilines is 1. The van der Waals surface area contributed by atoms with Gasteiger partial charge in [-0.05, 0) is 49.4 Å². The minimum atomic E-state index is -0.0396. The van der Waals surface area contributed by atoms with E-state index in [9.17, 15) is 4.79 Å². The molecule has 2 heterocycles. The molecule has 3 rings (SSSR count). The Labute approximate surface area is 160 Å². The number of rotatable bonds is 7. The molecule has 7 heteroatoms. The number of nitrogens with one attached hydrogen (secondary N) is 1. The molecule has 27 heavy (non-hydrogen) atoms. The fraction of sp³-hybridized carbons (Fsp3) is 0.550. The molecule has 7 nitrogen and oxygen atoms in total. The van der Waals surface area contributed by atoms with E-state index in [0.29, 0.717) is 24.3 Å². The Morgan fingerprint density at radius 1 is 1.37 bits per heavy atom. The third-order valence-corrected chi connectivity index (χ3v) is 4.85. The van der Waals surface area contributed by atoms with Crippen LogP contribution in [0.3, 0.4) is 0 Å². The average Bonchev–Trinajstić information content (AvgIpc) is 3.18. The Morgan fingerprint density at radius 3 is 2.85 bits per heavy atom. The van der Waals surface area contributed by atoms with E-state index >= 15 is 0 Å². The molecule has 1 aliphatic heterocycles. The predicted molar refractivity (Wildman–Crippen MR) is 104 cm³/mol. The number of piperidine rings is 1. The van der Waals surface area contributed by atoms with Gasteiger partial charge in [-0.2, -0.15) is 4.98 Å². The van der Waals surface area contributed by atoms with Gasteiger partial charge in [-0.1, -0.05) is 19.0 Å². The first-order chi connectivity index (χ1) is 13.1. The minimum Gasteiger partial charge on any atom is -0.497 e. The van der Waals surface area contributed by atoms with Gasteiger partial charge in [-0.15, -0.1) is 0 Å². The summed E-state index contributed by atoms with van der Waals surface area (Å²) in [4.78, 5) is 19.0. The zero-order valence-corrected chi connectivity index (χ0v) is 16.3. The molecule has 1 aromatic heterocycles. The normalized spacial score (nSPS) is 17.2. The molecule has 0 bridgehead atoms. The van der Waals surface area contributed by atoms with Crippen molar-refractivity contribution in [3.8, 4) is 17.1 Å². The average molecular weight is 372 g/mol. The van der Waals surface area contributed by atoms with Gasteiger partial charge in [0.1, 0.15) is 5.75 Å². The Bertz CT molecular complexity index is 742. The first-order valence-electron chi connectivity index (χ1n) is 9.57. The van der Waals surface area contributed by atoms with Crippen LogP contribution in [0.4, 0.5) is 6.01 Å². The lowest BCUT2D eigenvalue weighted by Gasteiger charge is -2.30. The molecule has 0 saturated carbocycles. The van der Waals surface area contributed by atoms with Gasteiger partial charge >= 0.3 is 6.01 Å². The summed E-state index contributed by atoms with van der Waals surface area (Å²) in [6.07, 6.45) is 2.82. The van der Waals surface area contributed by atoms with E-state index in [1.165, 1.54) is 0 Å². The van der Waals surface area contributed by atoms with Crippen molar-refractivity contribution < 1.29 is 14.1 Å². The first kappa shape index (κ1) is 19.2. The fourth-order valence-electron chi connectivity index (χ4n) is 3.19.